The van der Waals surface area contributed by atoms with Crippen molar-refractivity contribution in [1.82, 2.24) is 16.0 Å². The second kappa shape index (κ2) is 12.4. The molecule has 0 saturated carbocycles. The van der Waals surface area contributed by atoms with Crippen molar-refractivity contribution < 1.29 is 24.3 Å². The number of carbonyl (C=O) groups is 4. The average Bonchev–Trinajstić information content (AvgIpc) is 2.67. The number of nitrogens with one attached hydrogen (secondary N) is 3. The molecule has 0 aromatic heterocycles. The summed E-state index contributed by atoms with van der Waals surface area (Å²) >= 11 is 0. The Hall–Kier alpha value is -2.16. The lowest BCUT2D eigenvalue weighted by Gasteiger charge is -2.29. The Labute approximate surface area is 173 Å². The third-order valence-corrected chi connectivity index (χ3v) is 5.33. The first kappa shape index (κ1) is 26.8. The molecule has 0 rings (SSSR count). The van der Waals surface area contributed by atoms with Crippen LogP contribution in [0.2, 0.25) is 0 Å². The van der Waals surface area contributed by atoms with Crippen LogP contribution in [0, 0.1) is 17.8 Å². The van der Waals surface area contributed by atoms with Gasteiger partial charge in [0.1, 0.15) is 18.1 Å². The fraction of sp³-hybridized carbons (Fsp3) is 0.800. The summed E-state index contributed by atoms with van der Waals surface area (Å²) in [6, 6.07) is -3.61. The Morgan fingerprint density at radius 1 is 0.759 bits per heavy atom. The molecule has 0 aliphatic carbocycles. The van der Waals surface area contributed by atoms with Gasteiger partial charge in [0.15, 0.2) is 0 Å². The summed E-state index contributed by atoms with van der Waals surface area (Å²) in [6.45, 7) is 12.4. The number of carboxylic acid groups (broad SMARTS) is 1. The monoisotopic (exact) mass is 414 g/mol. The topological polar surface area (TPSA) is 151 Å². The molecule has 0 aliphatic heterocycles. The SMILES string of the molecule is CCC(C)C(N)C(=O)NC(C(=O)NC(C(=O)NC(C)C(=O)O)C(C)C)C(C)CC. The van der Waals surface area contributed by atoms with Crippen LogP contribution in [-0.2, 0) is 19.2 Å². The molecule has 9 nitrogen and oxygen atoms in total. The molecule has 0 fully saturated rings. The Bertz CT molecular complexity index is 581. The van der Waals surface area contributed by atoms with Gasteiger partial charge in [-0.3, -0.25) is 19.2 Å². The van der Waals surface area contributed by atoms with Crippen LogP contribution in [-0.4, -0.2) is 53.0 Å². The Morgan fingerprint density at radius 3 is 1.62 bits per heavy atom. The van der Waals surface area contributed by atoms with Crippen molar-refractivity contribution in [3.63, 3.8) is 0 Å². The van der Waals surface area contributed by atoms with Crippen LogP contribution in [0.15, 0.2) is 0 Å². The molecular weight excluding hydrogens is 376 g/mol. The van der Waals surface area contributed by atoms with Gasteiger partial charge in [-0.15, -0.1) is 0 Å². The number of nitrogens with two attached hydrogens (primary N) is 1. The summed E-state index contributed by atoms with van der Waals surface area (Å²) in [5.41, 5.74) is 5.98. The van der Waals surface area contributed by atoms with Crippen LogP contribution in [0.1, 0.15) is 61.3 Å². The first-order valence-electron chi connectivity index (χ1n) is 10.3. The van der Waals surface area contributed by atoms with Crippen LogP contribution in [0.5, 0.6) is 0 Å². The zero-order valence-electron chi connectivity index (χ0n) is 18.6. The van der Waals surface area contributed by atoms with Gasteiger partial charge in [0.2, 0.25) is 17.7 Å². The fourth-order valence-electron chi connectivity index (χ4n) is 2.61. The Kier molecular flexibility index (Phi) is 11.5. The molecule has 6 atom stereocenters. The molecule has 0 aromatic rings. The molecule has 6 unspecified atom stereocenters. The Balaban J connectivity index is 5.38. The molecule has 29 heavy (non-hydrogen) atoms. The standard InChI is InChI=1S/C20H38N4O5/c1-8-11(5)14(21)17(25)24-16(12(6)9-2)19(27)23-15(10(3)4)18(26)22-13(7)20(28)29/h10-16H,8-9,21H2,1-7H3,(H,22,26)(H,23,27)(H,24,25)(H,28,29). The van der Waals surface area contributed by atoms with Crippen molar-refractivity contribution in [2.75, 3.05) is 0 Å². The molecular formula is C20H38N4O5. The number of aliphatic carboxylic acids is 1. The zero-order chi connectivity index (χ0) is 22.9. The van der Waals surface area contributed by atoms with Gasteiger partial charge in [-0.1, -0.05) is 54.4 Å². The van der Waals surface area contributed by atoms with Gasteiger partial charge in [-0.25, -0.2) is 0 Å². The van der Waals surface area contributed by atoms with Crippen LogP contribution in [0.4, 0.5) is 0 Å². The summed E-state index contributed by atoms with van der Waals surface area (Å²) in [5.74, 6) is -3.18. The molecule has 6 N–H and O–H groups in total. The van der Waals surface area contributed by atoms with E-state index in [4.69, 9.17) is 10.8 Å². The third kappa shape index (κ3) is 8.39. The predicted molar refractivity (Wildman–Crippen MR) is 111 cm³/mol. The molecule has 0 radical (unpaired) electrons. The lowest BCUT2D eigenvalue weighted by Crippen LogP contribution is -2.60. The highest BCUT2D eigenvalue weighted by Gasteiger charge is 2.33. The van der Waals surface area contributed by atoms with Crippen LogP contribution < -0.4 is 21.7 Å². The second-order valence-electron chi connectivity index (χ2n) is 8.08. The summed E-state index contributed by atoms with van der Waals surface area (Å²) in [7, 11) is 0. The average molecular weight is 415 g/mol. The maximum Gasteiger partial charge on any atom is 0.325 e. The van der Waals surface area contributed by atoms with E-state index in [9.17, 15) is 19.2 Å². The minimum atomic E-state index is -1.17. The number of carboxylic acids is 1. The third-order valence-electron chi connectivity index (χ3n) is 5.33. The largest absolute Gasteiger partial charge is 0.480 e. The summed E-state index contributed by atoms with van der Waals surface area (Å²) in [6.07, 6.45) is 1.36. The fourth-order valence-corrected chi connectivity index (χ4v) is 2.61. The van der Waals surface area contributed by atoms with Gasteiger partial charge in [0, 0.05) is 0 Å². The lowest BCUT2D eigenvalue weighted by atomic mass is 9.94. The molecule has 0 aromatic carbocycles. The highest BCUT2D eigenvalue weighted by Crippen LogP contribution is 2.12. The number of amides is 3. The maximum absolute atomic E-state index is 12.9. The van der Waals surface area contributed by atoms with Crippen molar-refractivity contribution in [3.05, 3.63) is 0 Å². The quantitative estimate of drug-likeness (QED) is 0.316. The highest BCUT2D eigenvalue weighted by atomic mass is 16.4. The molecule has 9 heteroatoms. The van der Waals surface area contributed by atoms with Crippen molar-refractivity contribution in [1.29, 1.82) is 0 Å². The molecule has 0 heterocycles. The van der Waals surface area contributed by atoms with E-state index in [2.05, 4.69) is 16.0 Å². The van der Waals surface area contributed by atoms with E-state index in [1.807, 2.05) is 27.7 Å². The lowest BCUT2D eigenvalue weighted by molar-refractivity contribution is -0.142. The van der Waals surface area contributed by atoms with E-state index in [1.165, 1.54) is 6.92 Å². The molecule has 168 valence electrons. The molecule has 0 saturated heterocycles. The molecule has 0 bridgehead atoms. The van der Waals surface area contributed by atoms with E-state index in [1.54, 1.807) is 13.8 Å². The maximum atomic E-state index is 12.9. The molecule has 0 spiro atoms. The van der Waals surface area contributed by atoms with Gasteiger partial charge >= 0.3 is 5.97 Å². The van der Waals surface area contributed by atoms with Crippen LogP contribution in [0.3, 0.4) is 0 Å². The van der Waals surface area contributed by atoms with Crippen molar-refractivity contribution in [2.24, 2.45) is 23.5 Å². The number of carbonyl (C=O) groups excluding carboxylic acids is 3. The first-order valence-corrected chi connectivity index (χ1v) is 10.3. The smallest absolute Gasteiger partial charge is 0.325 e. The summed E-state index contributed by atoms with van der Waals surface area (Å²) in [5, 5.41) is 16.7. The van der Waals surface area contributed by atoms with Gasteiger partial charge in [-0.2, -0.15) is 0 Å². The van der Waals surface area contributed by atoms with Crippen molar-refractivity contribution in [2.45, 2.75) is 85.5 Å². The number of hydrogen-bond acceptors (Lipinski definition) is 5. The highest BCUT2D eigenvalue weighted by molar-refractivity contribution is 5.94. The van der Waals surface area contributed by atoms with Crippen molar-refractivity contribution in [3.8, 4) is 0 Å². The summed E-state index contributed by atoms with van der Waals surface area (Å²) in [4.78, 5) is 48.9. The minimum absolute atomic E-state index is 0.0395. The van der Waals surface area contributed by atoms with Gasteiger partial charge in [0.25, 0.3) is 0 Å². The summed E-state index contributed by atoms with van der Waals surface area (Å²) < 4.78 is 0. The van der Waals surface area contributed by atoms with Gasteiger partial charge in [-0.05, 0) is 24.7 Å². The molecule has 3 amide bonds. The van der Waals surface area contributed by atoms with E-state index < -0.39 is 47.9 Å². The number of rotatable bonds is 12. The zero-order valence-corrected chi connectivity index (χ0v) is 18.6. The van der Waals surface area contributed by atoms with Crippen LogP contribution >= 0.6 is 0 Å². The van der Waals surface area contributed by atoms with E-state index in [0.717, 1.165) is 6.42 Å². The number of hydrogen-bond donors (Lipinski definition) is 5. The Morgan fingerprint density at radius 2 is 1.21 bits per heavy atom. The van der Waals surface area contributed by atoms with Gasteiger partial charge in [0.05, 0.1) is 6.04 Å². The van der Waals surface area contributed by atoms with E-state index >= 15 is 0 Å². The minimum Gasteiger partial charge on any atom is -0.480 e. The first-order chi connectivity index (χ1) is 13.4. The van der Waals surface area contributed by atoms with E-state index in [-0.39, 0.29) is 17.8 Å². The predicted octanol–water partition coefficient (Wildman–Crippen LogP) is 0.621. The van der Waals surface area contributed by atoms with Crippen LogP contribution in [0.25, 0.3) is 0 Å². The normalized spacial score (nSPS) is 17.4. The second-order valence-corrected chi connectivity index (χ2v) is 8.08. The van der Waals surface area contributed by atoms with Gasteiger partial charge < -0.3 is 26.8 Å². The van der Waals surface area contributed by atoms with Crippen molar-refractivity contribution >= 4 is 23.7 Å². The van der Waals surface area contributed by atoms with E-state index in [0.29, 0.717) is 6.42 Å². The molecule has 0 aliphatic rings.